The fraction of sp³-hybridized carbons (Fsp3) is 0.250. The number of carbonyl (C=O) groups is 1. The monoisotopic (exact) mass is 541 g/mol. The Morgan fingerprint density at radius 2 is 1.89 bits per heavy atom. The summed E-state index contributed by atoms with van der Waals surface area (Å²) in [5.41, 5.74) is 1.77. The van der Waals surface area contributed by atoms with Crippen molar-refractivity contribution in [2.75, 3.05) is 11.7 Å². The molecule has 2 aliphatic heterocycles. The van der Waals surface area contributed by atoms with E-state index in [9.17, 15) is 32.3 Å². The molecule has 0 saturated heterocycles. The molecular formula is C24H20ClF4N3O3S. The molecule has 1 amide bonds. The first-order chi connectivity index (χ1) is 17.0. The van der Waals surface area contributed by atoms with Crippen LogP contribution >= 0.6 is 23.4 Å². The number of hydrogen-bond acceptors (Lipinski definition) is 5. The van der Waals surface area contributed by atoms with Crippen molar-refractivity contribution in [1.29, 1.82) is 0 Å². The topological polar surface area (TPSA) is 74.6 Å². The Bertz CT molecular complexity index is 1380. The molecule has 0 unspecified atom stereocenters. The SMILES string of the molecule is CCC(F)(F)F.O=C1NCN([C@@H]2c3ccc(F)cc3CSc3c(Cl)cccc32)n2ccc(=O)c(O)c21. The number of amides is 1. The summed E-state index contributed by atoms with van der Waals surface area (Å²) in [4.78, 5) is 25.2. The summed E-state index contributed by atoms with van der Waals surface area (Å²) in [5.74, 6) is -0.967. The normalized spacial score (nSPS) is 16.6. The van der Waals surface area contributed by atoms with E-state index in [1.165, 1.54) is 40.8 Å². The first-order valence-electron chi connectivity index (χ1n) is 10.8. The predicted octanol–water partition coefficient (Wildman–Crippen LogP) is 5.34. The van der Waals surface area contributed by atoms with Gasteiger partial charge < -0.3 is 10.4 Å². The maximum atomic E-state index is 14.0. The number of nitrogens with one attached hydrogen (secondary N) is 1. The van der Waals surface area contributed by atoms with Crippen molar-refractivity contribution in [2.24, 2.45) is 0 Å². The molecule has 3 heterocycles. The number of thioether (sulfide) groups is 1. The third-order valence-corrected chi connectivity index (χ3v) is 7.34. The third kappa shape index (κ3) is 5.03. The number of aromatic nitrogens is 1. The molecule has 3 aromatic rings. The van der Waals surface area contributed by atoms with Crippen LogP contribution < -0.4 is 15.8 Å². The molecule has 0 spiro atoms. The molecule has 0 aliphatic carbocycles. The average Bonchev–Trinajstić information content (AvgIpc) is 2.99. The van der Waals surface area contributed by atoms with E-state index in [4.69, 9.17) is 11.6 Å². The molecule has 5 rings (SSSR count). The number of rotatable bonds is 1. The predicted molar refractivity (Wildman–Crippen MR) is 129 cm³/mol. The van der Waals surface area contributed by atoms with Crippen molar-refractivity contribution in [3.05, 3.63) is 92.1 Å². The smallest absolute Gasteiger partial charge is 0.388 e. The van der Waals surface area contributed by atoms with Gasteiger partial charge >= 0.3 is 6.18 Å². The molecule has 0 radical (unpaired) electrons. The third-order valence-electron chi connectivity index (χ3n) is 5.71. The van der Waals surface area contributed by atoms with Crippen LogP contribution in [0.15, 0.2) is 58.4 Å². The van der Waals surface area contributed by atoms with Crippen molar-refractivity contribution in [2.45, 2.75) is 36.2 Å². The number of carbonyl (C=O) groups excluding carboxylic acids is 1. The van der Waals surface area contributed by atoms with Gasteiger partial charge in [0.1, 0.15) is 12.5 Å². The van der Waals surface area contributed by atoms with Crippen LogP contribution in [0.4, 0.5) is 17.6 Å². The van der Waals surface area contributed by atoms with Gasteiger partial charge in [-0.2, -0.15) is 13.2 Å². The molecule has 12 heteroatoms. The van der Waals surface area contributed by atoms with E-state index in [0.717, 1.165) is 28.5 Å². The molecule has 0 fully saturated rings. The minimum atomic E-state index is -3.96. The summed E-state index contributed by atoms with van der Waals surface area (Å²) in [6.07, 6.45) is -3.23. The number of halogens is 5. The highest BCUT2D eigenvalue weighted by Gasteiger charge is 2.35. The summed E-state index contributed by atoms with van der Waals surface area (Å²) >= 11 is 8.01. The van der Waals surface area contributed by atoms with Gasteiger partial charge in [0.2, 0.25) is 5.43 Å². The quantitative estimate of drug-likeness (QED) is 0.407. The number of pyridine rings is 1. The second-order valence-electron chi connectivity index (χ2n) is 7.99. The second-order valence-corrected chi connectivity index (χ2v) is 9.38. The van der Waals surface area contributed by atoms with Crippen LogP contribution in [0.2, 0.25) is 5.02 Å². The van der Waals surface area contributed by atoms with Gasteiger partial charge in [0.15, 0.2) is 11.4 Å². The van der Waals surface area contributed by atoms with Crippen LogP contribution in [0.5, 0.6) is 5.75 Å². The van der Waals surface area contributed by atoms with Crippen LogP contribution in [-0.4, -0.2) is 28.5 Å². The van der Waals surface area contributed by atoms with E-state index < -0.39 is 35.7 Å². The Morgan fingerprint density at radius 3 is 2.58 bits per heavy atom. The first kappa shape index (κ1) is 25.9. The molecular weight excluding hydrogens is 522 g/mol. The summed E-state index contributed by atoms with van der Waals surface area (Å²) < 4.78 is 47.8. The van der Waals surface area contributed by atoms with E-state index in [2.05, 4.69) is 5.32 Å². The van der Waals surface area contributed by atoms with Crippen LogP contribution in [0.25, 0.3) is 0 Å². The molecule has 1 aromatic heterocycles. The molecule has 0 saturated carbocycles. The highest BCUT2D eigenvalue weighted by molar-refractivity contribution is 7.98. The summed E-state index contributed by atoms with van der Waals surface area (Å²) in [6.45, 7) is 1.20. The highest BCUT2D eigenvalue weighted by atomic mass is 35.5. The summed E-state index contributed by atoms with van der Waals surface area (Å²) in [6, 6.07) is 11.0. The lowest BCUT2D eigenvalue weighted by Crippen LogP contribution is -2.53. The van der Waals surface area contributed by atoms with Gasteiger partial charge in [-0.15, -0.1) is 11.8 Å². The average molecular weight is 542 g/mol. The molecule has 36 heavy (non-hydrogen) atoms. The number of alkyl halides is 3. The van der Waals surface area contributed by atoms with E-state index >= 15 is 0 Å². The van der Waals surface area contributed by atoms with E-state index in [1.54, 1.807) is 12.1 Å². The fourth-order valence-electron chi connectivity index (χ4n) is 3.97. The molecule has 2 N–H and O–H groups in total. The van der Waals surface area contributed by atoms with E-state index in [-0.39, 0.29) is 18.2 Å². The zero-order valence-electron chi connectivity index (χ0n) is 18.8. The lowest BCUT2D eigenvalue weighted by Gasteiger charge is -2.40. The Balaban J connectivity index is 0.000000455. The standard InChI is InChI=1S/C21H15ClFN3O3S.C3H5F3/c22-15-3-1-2-14-17(13-5-4-12(23)8-11(13)9-30-20(14)15)26-10-24-21(29)18-19(28)16(27)6-7-25(18)26;1-2-3(4,5)6/h1-8,17,28H,9-10H2,(H,24,29);2H2,1H3/t17-;/m1./s1. The van der Waals surface area contributed by atoms with Crippen molar-refractivity contribution in [1.82, 2.24) is 9.99 Å². The maximum absolute atomic E-state index is 14.0. The van der Waals surface area contributed by atoms with Crippen molar-refractivity contribution in [3.63, 3.8) is 0 Å². The number of aromatic hydroxyl groups is 1. The lowest BCUT2D eigenvalue weighted by molar-refractivity contribution is -0.130. The van der Waals surface area contributed by atoms with Gasteiger partial charge in [0, 0.05) is 29.3 Å². The fourth-order valence-corrected chi connectivity index (χ4v) is 5.42. The van der Waals surface area contributed by atoms with Crippen LogP contribution in [0, 0.1) is 5.82 Å². The summed E-state index contributed by atoms with van der Waals surface area (Å²) in [7, 11) is 0. The molecule has 190 valence electrons. The Hall–Kier alpha value is -3.18. The highest BCUT2D eigenvalue weighted by Crippen LogP contribution is 2.45. The van der Waals surface area contributed by atoms with E-state index in [0.29, 0.717) is 10.8 Å². The van der Waals surface area contributed by atoms with Crippen LogP contribution in [-0.2, 0) is 5.75 Å². The van der Waals surface area contributed by atoms with Gasteiger partial charge in [0.25, 0.3) is 5.91 Å². The minimum absolute atomic E-state index is 0.117. The molecule has 6 nitrogen and oxygen atoms in total. The van der Waals surface area contributed by atoms with Crippen LogP contribution in [0.1, 0.15) is 46.6 Å². The zero-order chi connectivity index (χ0) is 26.2. The largest absolute Gasteiger partial charge is 0.502 e. The van der Waals surface area contributed by atoms with Gasteiger partial charge in [-0.25, -0.2) is 4.39 Å². The molecule has 0 bridgehead atoms. The van der Waals surface area contributed by atoms with Crippen molar-refractivity contribution < 1.29 is 27.5 Å². The number of nitrogens with zero attached hydrogens (tertiary/aromatic N) is 2. The van der Waals surface area contributed by atoms with Crippen molar-refractivity contribution >= 4 is 29.3 Å². The number of fused-ring (bicyclic) bond motifs is 3. The number of hydrogen-bond donors (Lipinski definition) is 2. The zero-order valence-corrected chi connectivity index (χ0v) is 20.3. The molecule has 2 aromatic carbocycles. The number of benzene rings is 2. The molecule has 2 aliphatic rings. The van der Waals surface area contributed by atoms with Gasteiger partial charge in [-0.3, -0.25) is 19.3 Å². The Labute approximate surface area is 212 Å². The van der Waals surface area contributed by atoms with E-state index in [1.807, 2.05) is 17.1 Å². The van der Waals surface area contributed by atoms with Gasteiger partial charge in [-0.1, -0.05) is 36.7 Å². The lowest BCUT2D eigenvalue weighted by atomic mass is 9.94. The second kappa shape index (κ2) is 10.1. The summed E-state index contributed by atoms with van der Waals surface area (Å²) in [5, 5.41) is 15.4. The van der Waals surface area contributed by atoms with Crippen molar-refractivity contribution in [3.8, 4) is 5.75 Å². The first-order valence-corrected chi connectivity index (χ1v) is 12.1. The minimum Gasteiger partial charge on any atom is -0.502 e. The van der Waals surface area contributed by atoms with Gasteiger partial charge in [0.05, 0.1) is 11.1 Å². The van der Waals surface area contributed by atoms with Crippen LogP contribution in [0.3, 0.4) is 0 Å². The Kier molecular flexibility index (Phi) is 7.24. The maximum Gasteiger partial charge on any atom is 0.388 e. The Morgan fingerprint density at radius 1 is 1.17 bits per heavy atom. The van der Waals surface area contributed by atoms with Gasteiger partial charge in [-0.05, 0) is 34.9 Å². The molecule has 1 atom stereocenters.